The van der Waals surface area contributed by atoms with E-state index >= 15 is 0 Å². The summed E-state index contributed by atoms with van der Waals surface area (Å²) >= 11 is 0. The van der Waals surface area contributed by atoms with E-state index in [4.69, 9.17) is 0 Å². The molecule has 0 radical (unpaired) electrons. The van der Waals surface area contributed by atoms with Crippen LogP contribution in [0.4, 0.5) is 0 Å². The van der Waals surface area contributed by atoms with Crippen LogP contribution < -0.4 is 0 Å². The average molecular weight is 229 g/mol. The van der Waals surface area contributed by atoms with E-state index in [9.17, 15) is 14.7 Å². The second kappa shape index (κ2) is 3.53. The van der Waals surface area contributed by atoms with Crippen molar-refractivity contribution in [3.05, 3.63) is 35.5 Å². The van der Waals surface area contributed by atoms with Crippen LogP contribution in [0.1, 0.15) is 27.3 Å². The van der Waals surface area contributed by atoms with Crippen molar-refractivity contribution in [1.29, 1.82) is 0 Å². The topological polar surface area (TPSA) is 59.3 Å². The van der Waals surface area contributed by atoms with Crippen molar-refractivity contribution >= 4 is 23.0 Å². The van der Waals surface area contributed by atoms with Gasteiger partial charge in [0.15, 0.2) is 6.29 Å². The van der Waals surface area contributed by atoms with Crippen LogP contribution in [-0.4, -0.2) is 27.8 Å². The van der Waals surface area contributed by atoms with Gasteiger partial charge in [-0.1, -0.05) is 18.2 Å². The zero-order chi connectivity index (χ0) is 12.0. The first-order valence-electron chi connectivity index (χ1n) is 5.52. The minimum Gasteiger partial charge on any atom is -0.385 e. The van der Waals surface area contributed by atoms with Gasteiger partial charge in [0, 0.05) is 17.4 Å². The summed E-state index contributed by atoms with van der Waals surface area (Å²) in [5, 5.41) is 10.4. The predicted molar refractivity (Wildman–Crippen MR) is 62.3 cm³/mol. The van der Waals surface area contributed by atoms with E-state index in [0.29, 0.717) is 30.5 Å². The van der Waals surface area contributed by atoms with E-state index in [1.165, 1.54) is 0 Å². The molecule has 1 aliphatic heterocycles. The Kier molecular flexibility index (Phi) is 2.12. The number of aryl methyl sites for hydroxylation is 1. The quantitative estimate of drug-likeness (QED) is 0.752. The molecule has 4 nitrogen and oxygen atoms in total. The second-order valence-corrected chi connectivity index (χ2v) is 4.22. The lowest BCUT2D eigenvalue weighted by Crippen LogP contribution is -2.31. The summed E-state index contributed by atoms with van der Waals surface area (Å²) < 4.78 is 1.83. The van der Waals surface area contributed by atoms with Crippen molar-refractivity contribution in [2.75, 3.05) is 0 Å². The number of hydrogen-bond donors (Lipinski definition) is 1. The van der Waals surface area contributed by atoms with Gasteiger partial charge in [0.2, 0.25) is 5.78 Å². The number of aromatic nitrogens is 1. The van der Waals surface area contributed by atoms with Crippen molar-refractivity contribution in [3.8, 4) is 0 Å². The number of Topliss-reactive ketones (excluding diaryl/α,β-unsaturated/α-hetero) is 1. The molecule has 1 aromatic heterocycles. The van der Waals surface area contributed by atoms with E-state index in [-0.39, 0.29) is 5.78 Å². The van der Waals surface area contributed by atoms with Gasteiger partial charge in [0.25, 0.3) is 0 Å². The average Bonchev–Trinajstić information content (AvgIpc) is 2.68. The number of para-hydroxylation sites is 1. The number of hydrogen-bond acceptors (Lipinski definition) is 3. The highest BCUT2D eigenvalue weighted by Crippen LogP contribution is 2.29. The number of nitrogens with zero attached hydrogens (tertiary/aromatic N) is 1. The Morgan fingerprint density at radius 1 is 1.35 bits per heavy atom. The van der Waals surface area contributed by atoms with Crippen LogP contribution in [-0.2, 0) is 6.54 Å². The molecule has 3 rings (SSSR count). The fraction of sp³-hybridized carbons (Fsp3) is 0.231. The summed E-state index contributed by atoms with van der Waals surface area (Å²) in [5.41, 5.74) is 1.62. The number of benzene rings is 1. The van der Waals surface area contributed by atoms with Crippen molar-refractivity contribution in [2.45, 2.75) is 19.1 Å². The molecular formula is C13H11NO3. The van der Waals surface area contributed by atoms with E-state index < -0.39 is 6.10 Å². The van der Waals surface area contributed by atoms with Crippen molar-refractivity contribution in [3.63, 3.8) is 0 Å². The first-order chi connectivity index (χ1) is 8.24. The lowest BCUT2D eigenvalue weighted by atomic mass is 10.0. The minimum absolute atomic E-state index is 0.347. The van der Waals surface area contributed by atoms with Gasteiger partial charge in [0.05, 0.1) is 11.3 Å². The Morgan fingerprint density at radius 3 is 2.88 bits per heavy atom. The van der Waals surface area contributed by atoms with Gasteiger partial charge in [-0.3, -0.25) is 9.59 Å². The number of rotatable bonds is 1. The zero-order valence-corrected chi connectivity index (χ0v) is 9.09. The molecule has 0 spiro atoms. The molecule has 0 saturated carbocycles. The summed E-state index contributed by atoms with van der Waals surface area (Å²) in [7, 11) is 0. The Balaban J connectivity index is 2.42. The minimum atomic E-state index is -0.981. The predicted octanol–water partition coefficient (Wildman–Crippen LogP) is 1.40. The first-order valence-corrected chi connectivity index (χ1v) is 5.52. The third-order valence-corrected chi connectivity index (χ3v) is 3.29. The summed E-state index contributed by atoms with van der Waals surface area (Å²) in [6.45, 7) is 0.566. The highest BCUT2D eigenvalue weighted by molar-refractivity contribution is 6.12. The smallest absolute Gasteiger partial charge is 0.208 e. The van der Waals surface area contributed by atoms with Gasteiger partial charge in [0.1, 0.15) is 6.10 Å². The number of aldehydes is 1. The molecule has 0 amide bonds. The van der Waals surface area contributed by atoms with Crippen LogP contribution >= 0.6 is 0 Å². The number of fused-ring (bicyclic) bond motifs is 3. The maximum Gasteiger partial charge on any atom is 0.208 e. The highest BCUT2D eigenvalue weighted by atomic mass is 16.3. The largest absolute Gasteiger partial charge is 0.385 e. The lowest BCUT2D eigenvalue weighted by Gasteiger charge is -2.19. The number of carbonyl (C=O) groups is 2. The molecule has 0 fully saturated rings. The van der Waals surface area contributed by atoms with Crippen LogP contribution in [0.2, 0.25) is 0 Å². The van der Waals surface area contributed by atoms with Gasteiger partial charge in [-0.15, -0.1) is 0 Å². The van der Waals surface area contributed by atoms with E-state index in [0.717, 1.165) is 10.9 Å². The molecule has 2 aromatic rings. The number of aliphatic hydroxyl groups is 1. The van der Waals surface area contributed by atoms with Crippen LogP contribution in [0.5, 0.6) is 0 Å². The number of ketones is 1. The summed E-state index contributed by atoms with van der Waals surface area (Å²) in [5.74, 6) is -0.352. The van der Waals surface area contributed by atoms with Gasteiger partial charge in [-0.05, 0) is 12.5 Å². The molecule has 0 bridgehead atoms. The van der Waals surface area contributed by atoms with Gasteiger partial charge in [-0.25, -0.2) is 0 Å². The molecule has 1 aliphatic rings. The number of aliphatic hydroxyl groups excluding tert-OH is 1. The molecule has 1 N–H and O–H groups in total. The monoisotopic (exact) mass is 229 g/mol. The molecule has 1 aromatic carbocycles. The molecule has 0 saturated heterocycles. The maximum atomic E-state index is 11.9. The first kappa shape index (κ1) is 10.2. The molecule has 17 heavy (non-hydrogen) atoms. The molecule has 4 heteroatoms. The van der Waals surface area contributed by atoms with Crippen LogP contribution in [0.15, 0.2) is 24.3 Å². The van der Waals surface area contributed by atoms with Crippen LogP contribution in [0, 0.1) is 0 Å². The van der Waals surface area contributed by atoms with Crippen molar-refractivity contribution < 1.29 is 14.7 Å². The van der Waals surface area contributed by atoms with E-state index in [1.807, 2.05) is 28.8 Å². The summed E-state index contributed by atoms with van der Waals surface area (Å²) in [6.07, 6.45) is 0.123. The molecular weight excluding hydrogens is 218 g/mol. The second-order valence-electron chi connectivity index (χ2n) is 4.22. The molecule has 86 valence electrons. The maximum absolute atomic E-state index is 11.9. The SMILES string of the molecule is O=Cc1c2n(c3ccccc13)CCC(O)C2=O. The Bertz CT molecular complexity index is 627. The highest BCUT2D eigenvalue weighted by Gasteiger charge is 2.30. The third kappa shape index (κ3) is 1.27. The molecule has 2 heterocycles. The Labute approximate surface area is 97.5 Å². The van der Waals surface area contributed by atoms with Crippen molar-refractivity contribution in [2.24, 2.45) is 0 Å². The van der Waals surface area contributed by atoms with E-state index in [2.05, 4.69) is 0 Å². The Morgan fingerprint density at radius 2 is 2.12 bits per heavy atom. The summed E-state index contributed by atoms with van der Waals surface area (Å²) in [6, 6.07) is 7.42. The standard InChI is InChI=1S/C13H11NO3/c15-7-9-8-3-1-2-4-10(8)14-6-5-11(16)13(17)12(9)14/h1-4,7,11,16H,5-6H2. The fourth-order valence-electron chi connectivity index (χ4n) is 2.49. The molecule has 1 atom stereocenters. The van der Waals surface area contributed by atoms with E-state index in [1.54, 1.807) is 0 Å². The van der Waals surface area contributed by atoms with Gasteiger partial charge >= 0.3 is 0 Å². The normalized spacial score (nSPS) is 19.4. The lowest BCUT2D eigenvalue weighted by molar-refractivity contribution is 0.0674. The fourth-order valence-corrected chi connectivity index (χ4v) is 2.49. The molecule has 0 aliphatic carbocycles. The van der Waals surface area contributed by atoms with Crippen LogP contribution in [0.3, 0.4) is 0 Å². The zero-order valence-electron chi connectivity index (χ0n) is 9.09. The third-order valence-electron chi connectivity index (χ3n) is 3.29. The van der Waals surface area contributed by atoms with Gasteiger partial charge < -0.3 is 9.67 Å². The molecule has 1 unspecified atom stereocenters. The summed E-state index contributed by atoms with van der Waals surface area (Å²) in [4.78, 5) is 23.1. The Hall–Kier alpha value is -1.94. The number of carbonyl (C=O) groups excluding carboxylic acids is 2. The van der Waals surface area contributed by atoms with Gasteiger partial charge in [-0.2, -0.15) is 0 Å². The van der Waals surface area contributed by atoms with Crippen LogP contribution in [0.25, 0.3) is 10.9 Å². The van der Waals surface area contributed by atoms with Crippen molar-refractivity contribution in [1.82, 2.24) is 4.57 Å².